The SMILES string of the molecule is [Li][C]1(C)P=C(C)C(C)=C1C. The maximum atomic E-state index is 2.31. The summed E-state index contributed by atoms with van der Waals surface area (Å²) in [5.41, 5.74) is 3.08. The molecule has 0 aromatic carbocycles. The Morgan fingerprint density at radius 3 is 1.90 bits per heavy atom. The molecule has 1 atom stereocenters. The van der Waals surface area contributed by atoms with E-state index in [2.05, 4.69) is 45.4 Å². The first kappa shape index (κ1) is 8.60. The van der Waals surface area contributed by atoms with Gasteiger partial charge in [-0.15, -0.1) is 0 Å². The molecule has 1 rings (SSSR count). The van der Waals surface area contributed by atoms with Crippen molar-refractivity contribution in [3.63, 3.8) is 0 Å². The molecule has 0 N–H and O–H groups in total. The minimum absolute atomic E-state index is 0.411. The minimum atomic E-state index is 0.411. The third-order valence-corrected chi connectivity index (χ3v) is 4.04. The van der Waals surface area contributed by atoms with Crippen molar-refractivity contribution in [1.82, 2.24) is 0 Å². The first-order valence-electron chi connectivity index (χ1n) is 3.70. The zero-order valence-corrected chi connectivity index (χ0v) is 8.34. The summed E-state index contributed by atoms with van der Waals surface area (Å²) in [6.07, 6.45) is 0. The van der Waals surface area contributed by atoms with E-state index in [1.165, 1.54) is 13.8 Å². The van der Waals surface area contributed by atoms with E-state index in [9.17, 15) is 0 Å². The molecule has 0 amide bonds. The molecule has 0 saturated carbocycles. The average molecular weight is 146 g/mol. The van der Waals surface area contributed by atoms with Gasteiger partial charge in [-0.3, -0.25) is 0 Å². The van der Waals surface area contributed by atoms with Crippen molar-refractivity contribution in [1.29, 1.82) is 0 Å². The van der Waals surface area contributed by atoms with Gasteiger partial charge in [0.05, 0.1) is 0 Å². The van der Waals surface area contributed by atoms with Crippen LogP contribution in [-0.4, -0.2) is 26.8 Å². The van der Waals surface area contributed by atoms with E-state index in [0.29, 0.717) is 3.83 Å². The Kier molecular flexibility index (Phi) is 2.17. The zero-order valence-electron chi connectivity index (χ0n) is 7.45. The maximum absolute atomic E-state index is 2.31. The van der Waals surface area contributed by atoms with Crippen molar-refractivity contribution >= 4 is 31.2 Å². The summed E-state index contributed by atoms with van der Waals surface area (Å²) in [6, 6.07) is 0. The Hall–Kier alpha value is 0.507. The van der Waals surface area contributed by atoms with Crippen LogP contribution in [0.4, 0.5) is 0 Å². The van der Waals surface area contributed by atoms with Crippen LogP contribution < -0.4 is 0 Å². The second-order valence-corrected chi connectivity index (χ2v) is 5.52. The van der Waals surface area contributed by atoms with Crippen LogP contribution in [0.5, 0.6) is 0 Å². The Labute approximate surface area is 74.1 Å². The second-order valence-electron chi connectivity index (χ2n) is 3.51. The number of rotatable bonds is 0. The van der Waals surface area contributed by atoms with Crippen LogP contribution in [0.1, 0.15) is 27.7 Å². The van der Waals surface area contributed by atoms with Gasteiger partial charge in [0.25, 0.3) is 0 Å². The molecular weight excluding hydrogens is 134 g/mol. The summed E-state index contributed by atoms with van der Waals surface area (Å²) < 4.78 is 0.411. The zero-order chi connectivity index (χ0) is 7.94. The Balaban J connectivity index is 3.12. The molecule has 10 heavy (non-hydrogen) atoms. The molecule has 0 nitrogen and oxygen atoms in total. The first-order chi connectivity index (χ1) is 4.45. The molecule has 0 aliphatic carbocycles. The summed E-state index contributed by atoms with van der Waals surface area (Å²) in [5, 5.41) is 1.54. The van der Waals surface area contributed by atoms with Crippen LogP contribution in [0, 0.1) is 0 Å². The summed E-state index contributed by atoms with van der Waals surface area (Å²) in [5.74, 6) is 0. The molecule has 0 aromatic heterocycles. The van der Waals surface area contributed by atoms with Gasteiger partial charge >= 0.3 is 73.9 Å². The molecule has 1 unspecified atom stereocenters. The van der Waals surface area contributed by atoms with Crippen molar-refractivity contribution < 1.29 is 0 Å². The Morgan fingerprint density at radius 2 is 1.80 bits per heavy atom. The van der Waals surface area contributed by atoms with E-state index in [-0.39, 0.29) is 0 Å². The summed E-state index contributed by atoms with van der Waals surface area (Å²) in [7, 11) is 1.50. The van der Waals surface area contributed by atoms with Crippen molar-refractivity contribution in [2.24, 2.45) is 0 Å². The van der Waals surface area contributed by atoms with E-state index < -0.39 is 0 Å². The molecule has 0 spiro atoms. The third-order valence-electron chi connectivity index (χ3n) is 2.47. The molecule has 0 bridgehead atoms. The van der Waals surface area contributed by atoms with E-state index in [1.54, 1.807) is 10.9 Å². The molecule has 1 heterocycles. The van der Waals surface area contributed by atoms with Crippen molar-refractivity contribution in [2.45, 2.75) is 31.5 Å². The fourth-order valence-electron chi connectivity index (χ4n) is 1.32. The fourth-order valence-corrected chi connectivity index (χ4v) is 2.83. The standard InChI is InChI=1S/C8H12P.Li/c1-5-6(2)8(4)9-7(5)3;/h1-4H3;. The van der Waals surface area contributed by atoms with Crippen molar-refractivity contribution in [3.05, 3.63) is 11.1 Å². The molecule has 0 radical (unpaired) electrons. The van der Waals surface area contributed by atoms with Crippen LogP contribution in [-0.2, 0) is 0 Å². The quantitative estimate of drug-likeness (QED) is 0.363. The van der Waals surface area contributed by atoms with Gasteiger partial charge in [-0.2, -0.15) is 0 Å². The van der Waals surface area contributed by atoms with Gasteiger partial charge in [0.15, 0.2) is 0 Å². The fraction of sp³-hybridized carbons (Fsp3) is 0.625. The topological polar surface area (TPSA) is 0 Å². The van der Waals surface area contributed by atoms with Crippen molar-refractivity contribution in [2.75, 3.05) is 0 Å². The normalized spacial score (nSPS) is 34.8. The molecule has 0 aromatic rings. The molecule has 1 aliphatic heterocycles. The summed E-state index contributed by atoms with van der Waals surface area (Å²) in [4.78, 5) is 0. The molecular formula is C8H12LiP. The van der Waals surface area contributed by atoms with Crippen molar-refractivity contribution in [3.8, 4) is 0 Å². The van der Waals surface area contributed by atoms with Gasteiger partial charge in [0.2, 0.25) is 0 Å². The first-order valence-corrected chi connectivity index (χ1v) is 4.59. The van der Waals surface area contributed by atoms with Gasteiger partial charge in [0, 0.05) is 0 Å². The average Bonchev–Trinajstić information content (AvgIpc) is 1.95. The van der Waals surface area contributed by atoms with Crippen LogP contribution >= 0.6 is 8.20 Å². The van der Waals surface area contributed by atoms with E-state index in [0.717, 1.165) is 0 Å². The van der Waals surface area contributed by atoms with Gasteiger partial charge in [-0.25, -0.2) is 0 Å². The second kappa shape index (κ2) is 2.53. The summed E-state index contributed by atoms with van der Waals surface area (Å²) >= 11 is 2.31. The van der Waals surface area contributed by atoms with E-state index >= 15 is 0 Å². The van der Waals surface area contributed by atoms with Crippen LogP contribution in [0.25, 0.3) is 0 Å². The monoisotopic (exact) mass is 146 g/mol. The molecule has 50 valence electrons. The van der Waals surface area contributed by atoms with Gasteiger partial charge < -0.3 is 0 Å². The van der Waals surface area contributed by atoms with Crippen LogP contribution in [0.3, 0.4) is 0 Å². The molecule has 1 aliphatic rings. The van der Waals surface area contributed by atoms with Gasteiger partial charge in [-0.1, -0.05) is 0 Å². The Morgan fingerprint density at radius 1 is 1.30 bits per heavy atom. The Bertz CT molecular complexity index is 223. The molecule has 0 fully saturated rings. The number of hydrogen-bond donors (Lipinski definition) is 0. The summed E-state index contributed by atoms with van der Waals surface area (Å²) in [6.45, 7) is 9.02. The number of allylic oxidation sites excluding steroid dienone is 2. The van der Waals surface area contributed by atoms with Crippen LogP contribution in [0.2, 0.25) is 0 Å². The van der Waals surface area contributed by atoms with Gasteiger partial charge in [-0.05, 0) is 0 Å². The predicted molar refractivity (Wildman–Crippen MR) is 50.1 cm³/mol. The van der Waals surface area contributed by atoms with Crippen LogP contribution in [0.15, 0.2) is 11.1 Å². The third kappa shape index (κ3) is 1.26. The molecule has 2 heteroatoms. The van der Waals surface area contributed by atoms with E-state index in [4.69, 9.17) is 0 Å². The predicted octanol–water partition coefficient (Wildman–Crippen LogP) is 2.36. The van der Waals surface area contributed by atoms with Gasteiger partial charge in [0.1, 0.15) is 0 Å². The number of hydrogen-bond acceptors (Lipinski definition) is 0. The molecule has 0 saturated heterocycles. The van der Waals surface area contributed by atoms with E-state index in [1.807, 2.05) is 0 Å².